The minimum atomic E-state index is -0.176. The highest BCUT2D eigenvalue weighted by molar-refractivity contribution is 5.93. The second-order valence-electron chi connectivity index (χ2n) is 5.31. The Morgan fingerprint density at radius 2 is 2.16 bits per heavy atom. The average molecular weight is 291 g/mol. The van der Waals surface area contributed by atoms with Crippen LogP contribution in [0.15, 0.2) is 16.7 Å². The van der Waals surface area contributed by atoms with Gasteiger partial charge in [-0.2, -0.15) is 0 Å². The lowest BCUT2D eigenvalue weighted by Crippen LogP contribution is -2.40. The van der Waals surface area contributed by atoms with Gasteiger partial charge in [-0.3, -0.25) is 4.79 Å². The number of hydrogen-bond acceptors (Lipinski definition) is 4. The highest BCUT2D eigenvalue weighted by Gasteiger charge is 2.25. The van der Waals surface area contributed by atoms with Crippen molar-refractivity contribution >= 4 is 18.3 Å². The minimum Gasteiger partial charge on any atom is -0.467 e. The van der Waals surface area contributed by atoms with Crippen LogP contribution in [-0.4, -0.2) is 25.7 Å². The third kappa shape index (κ3) is 5.22. The van der Waals surface area contributed by atoms with Gasteiger partial charge in [-0.05, 0) is 11.5 Å². The van der Waals surface area contributed by atoms with Crippen molar-refractivity contribution < 1.29 is 13.9 Å². The Bertz CT molecular complexity index is 399. The summed E-state index contributed by atoms with van der Waals surface area (Å²) in [6, 6.07) is 1.65. The van der Waals surface area contributed by atoms with Gasteiger partial charge in [-0.25, -0.2) is 0 Å². The standard InChI is InChI=1S/C13H22N2O3.ClH/c1-13(2,3)11(17-4)7-15-12(16)9-5-10(6-14)18-8-9;/h5,8,11H,6-7,14H2,1-4H3,(H,15,16);1H. The summed E-state index contributed by atoms with van der Waals surface area (Å²) in [6.07, 6.45) is 1.37. The van der Waals surface area contributed by atoms with Gasteiger partial charge >= 0.3 is 0 Å². The smallest absolute Gasteiger partial charge is 0.254 e. The maximum atomic E-state index is 11.9. The Balaban J connectivity index is 0.00000324. The van der Waals surface area contributed by atoms with Crippen LogP contribution < -0.4 is 11.1 Å². The molecule has 6 heteroatoms. The van der Waals surface area contributed by atoms with Crippen molar-refractivity contribution in [1.29, 1.82) is 0 Å². The van der Waals surface area contributed by atoms with E-state index in [2.05, 4.69) is 26.1 Å². The summed E-state index contributed by atoms with van der Waals surface area (Å²) < 4.78 is 10.5. The second kappa shape index (κ2) is 7.53. The minimum absolute atomic E-state index is 0. The Labute approximate surface area is 120 Å². The van der Waals surface area contributed by atoms with Crippen molar-refractivity contribution in [2.75, 3.05) is 13.7 Å². The molecule has 0 radical (unpaired) electrons. The summed E-state index contributed by atoms with van der Waals surface area (Å²) in [5.74, 6) is 0.420. The van der Waals surface area contributed by atoms with Crippen LogP contribution in [0.2, 0.25) is 0 Å². The number of ether oxygens (including phenoxy) is 1. The molecular formula is C13H23ClN2O3. The van der Waals surface area contributed by atoms with E-state index in [1.807, 2.05) is 0 Å². The van der Waals surface area contributed by atoms with E-state index >= 15 is 0 Å². The summed E-state index contributed by atoms with van der Waals surface area (Å²) in [5.41, 5.74) is 5.88. The monoisotopic (exact) mass is 290 g/mol. The van der Waals surface area contributed by atoms with Crippen LogP contribution in [0.4, 0.5) is 0 Å². The number of halogens is 1. The van der Waals surface area contributed by atoms with Gasteiger partial charge in [0.05, 0.1) is 18.2 Å². The first-order valence-corrected chi connectivity index (χ1v) is 5.97. The van der Waals surface area contributed by atoms with Crippen LogP contribution in [-0.2, 0) is 11.3 Å². The molecule has 5 nitrogen and oxygen atoms in total. The molecule has 0 saturated carbocycles. The molecule has 0 aliphatic heterocycles. The fraction of sp³-hybridized carbons (Fsp3) is 0.615. The molecule has 0 aromatic carbocycles. The summed E-state index contributed by atoms with van der Waals surface area (Å²) in [7, 11) is 1.65. The Hall–Kier alpha value is -1.04. The normalized spacial score (nSPS) is 12.7. The Kier molecular flexibility index (Phi) is 7.11. The van der Waals surface area contributed by atoms with Crippen molar-refractivity contribution in [3.63, 3.8) is 0 Å². The Morgan fingerprint density at radius 3 is 2.58 bits per heavy atom. The lowest BCUT2D eigenvalue weighted by molar-refractivity contribution is 0.0176. The molecule has 0 bridgehead atoms. The van der Waals surface area contributed by atoms with E-state index < -0.39 is 0 Å². The van der Waals surface area contributed by atoms with Crippen LogP contribution in [0.3, 0.4) is 0 Å². The van der Waals surface area contributed by atoms with E-state index in [9.17, 15) is 4.79 Å². The zero-order valence-corrected chi connectivity index (χ0v) is 12.7. The van der Waals surface area contributed by atoms with E-state index in [0.717, 1.165) is 0 Å². The number of methoxy groups -OCH3 is 1. The van der Waals surface area contributed by atoms with E-state index in [0.29, 0.717) is 17.9 Å². The molecule has 1 amide bonds. The van der Waals surface area contributed by atoms with Gasteiger partial charge in [0.15, 0.2) is 0 Å². The number of rotatable bonds is 5. The fourth-order valence-electron chi connectivity index (χ4n) is 1.64. The van der Waals surface area contributed by atoms with Crippen molar-refractivity contribution in [2.24, 2.45) is 11.1 Å². The summed E-state index contributed by atoms with van der Waals surface area (Å²) in [6.45, 7) is 6.95. The third-order valence-electron chi connectivity index (χ3n) is 2.82. The SMILES string of the molecule is COC(CNC(=O)c1coc(CN)c1)C(C)(C)C.Cl. The van der Waals surface area contributed by atoms with Crippen molar-refractivity contribution in [3.8, 4) is 0 Å². The number of hydrogen-bond donors (Lipinski definition) is 2. The molecule has 0 spiro atoms. The van der Waals surface area contributed by atoms with Crippen LogP contribution in [0.5, 0.6) is 0 Å². The second-order valence-corrected chi connectivity index (χ2v) is 5.31. The van der Waals surface area contributed by atoms with Gasteiger partial charge in [-0.1, -0.05) is 20.8 Å². The van der Waals surface area contributed by atoms with Gasteiger partial charge < -0.3 is 20.2 Å². The number of nitrogens with one attached hydrogen (secondary N) is 1. The lowest BCUT2D eigenvalue weighted by Gasteiger charge is -2.29. The summed E-state index contributed by atoms with van der Waals surface area (Å²) in [4.78, 5) is 11.9. The molecule has 19 heavy (non-hydrogen) atoms. The molecule has 1 aromatic rings. The molecule has 1 atom stereocenters. The first-order valence-electron chi connectivity index (χ1n) is 5.97. The molecule has 0 aliphatic carbocycles. The molecule has 1 heterocycles. The Morgan fingerprint density at radius 1 is 1.53 bits per heavy atom. The van der Waals surface area contributed by atoms with Gasteiger partial charge in [-0.15, -0.1) is 12.4 Å². The van der Waals surface area contributed by atoms with Crippen LogP contribution in [0.1, 0.15) is 36.9 Å². The number of nitrogens with two attached hydrogens (primary N) is 1. The maximum Gasteiger partial charge on any atom is 0.254 e. The van der Waals surface area contributed by atoms with E-state index in [1.54, 1.807) is 13.2 Å². The number of amides is 1. The van der Waals surface area contributed by atoms with E-state index in [1.165, 1.54) is 6.26 Å². The van der Waals surface area contributed by atoms with Crippen LogP contribution >= 0.6 is 12.4 Å². The van der Waals surface area contributed by atoms with Crippen molar-refractivity contribution in [2.45, 2.75) is 33.4 Å². The number of carbonyl (C=O) groups excluding carboxylic acids is 1. The molecule has 1 aromatic heterocycles. The van der Waals surface area contributed by atoms with E-state index in [4.69, 9.17) is 14.9 Å². The van der Waals surface area contributed by atoms with Crippen LogP contribution in [0.25, 0.3) is 0 Å². The predicted molar refractivity (Wildman–Crippen MR) is 76.4 cm³/mol. The van der Waals surface area contributed by atoms with Gasteiger partial charge in [0, 0.05) is 13.7 Å². The quantitative estimate of drug-likeness (QED) is 0.869. The average Bonchev–Trinajstić information content (AvgIpc) is 2.76. The van der Waals surface area contributed by atoms with Crippen molar-refractivity contribution in [1.82, 2.24) is 5.32 Å². The van der Waals surface area contributed by atoms with Gasteiger partial charge in [0.25, 0.3) is 5.91 Å². The first kappa shape index (κ1) is 18.0. The van der Waals surface area contributed by atoms with Crippen molar-refractivity contribution in [3.05, 3.63) is 23.7 Å². The molecule has 1 unspecified atom stereocenters. The molecule has 110 valence electrons. The van der Waals surface area contributed by atoms with E-state index in [-0.39, 0.29) is 36.4 Å². The maximum absolute atomic E-state index is 11.9. The topological polar surface area (TPSA) is 77.5 Å². The number of carbonyl (C=O) groups is 1. The third-order valence-corrected chi connectivity index (χ3v) is 2.82. The number of furan rings is 1. The zero-order valence-electron chi connectivity index (χ0n) is 11.9. The highest BCUT2D eigenvalue weighted by Crippen LogP contribution is 2.21. The molecule has 0 fully saturated rings. The molecule has 0 saturated heterocycles. The van der Waals surface area contributed by atoms with Gasteiger partial charge in [0.1, 0.15) is 12.0 Å². The summed E-state index contributed by atoms with van der Waals surface area (Å²) >= 11 is 0. The molecule has 0 aliphatic rings. The zero-order chi connectivity index (χ0) is 13.8. The summed E-state index contributed by atoms with van der Waals surface area (Å²) in [5, 5.41) is 2.83. The van der Waals surface area contributed by atoms with Crippen LogP contribution in [0, 0.1) is 5.41 Å². The fourth-order valence-corrected chi connectivity index (χ4v) is 1.64. The predicted octanol–water partition coefficient (Wildman–Crippen LogP) is 1.95. The lowest BCUT2D eigenvalue weighted by atomic mass is 9.89. The highest BCUT2D eigenvalue weighted by atomic mass is 35.5. The largest absolute Gasteiger partial charge is 0.467 e. The molecule has 3 N–H and O–H groups in total. The first-order chi connectivity index (χ1) is 8.38. The molecular weight excluding hydrogens is 268 g/mol. The van der Waals surface area contributed by atoms with Gasteiger partial charge in [0.2, 0.25) is 0 Å². The molecule has 1 rings (SSSR count).